The van der Waals surface area contributed by atoms with Gasteiger partial charge in [0, 0.05) is 36.5 Å². The molecule has 3 N–H and O–H groups in total. The number of hydrogen-bond acceptors (Lipinski definition) is 7. The van der Waals surface area contributed by atoms with Crippen molar-refractivity contribution in [2.24, 2.45) is 5.73 Å². The molecule has 4 rings (SSSR count). The van der Waals surface area contributed by atoms with Gasteiger partial charge in [-0.05, 0) is 38.5 Å². The van der Waals surface area contributed by atoms with Crippen molar-refractivity contribution in [2.75, 3.05) is 24.6 Å². The van der Waals surface area contributed by atoms with Crippen LogP contribution in [-0.2, 0) is 0 Å². The number of anilines is 1. The van der Waals surface area contributed by atoms with E-state index in [2.05, 4.69) is 21.1 Å². The maximum absolute atomic E-state index is 9.96. The smallest absolute Gasteiger partial charge is 0.138 e. The van der Waals surface area contributed by atoms with E-state index in [4.69, 9.17) is 10.5 Å². The number of hydrogen-bond donors (Lipinski definition) is 2. The highest BCUT2D eigenvalue weighted by atomic mass is 16.5. The van der Waals surface area contributed by atoms with Crippen LogP contribution in [0.3, 0.4) is 0 Å². The fraction of sp³-hybridized carbons (Fsp3) is 0.381. The minimum absolute atomic E-state index is 0.136. The first-order valence-electron chi connectivity index (χ1n) is 9.58. The summed E-state index contributed by atoms with van der Waals surface area (Å²) in [5.41, 5.74) is 7.86. The number of pyridine rings is 2. The molecule has 1 unspecified atom stereocenters. The van der Waals surface area contributed by atoms with Crippen LogP contribution in [0.25, 0.3) is 16.6 Å². The van der Waals surface area contributed by atoms with Crippen LogP contribution in [-0.4, -0.2) is 51.0 Å². The highest BCUT2D eigenvalue weighted by molar-refractivity contribution is 5.85. The van der Waals surface area contributed by atoms with E-state index >= 15 is 0 Å². The second-order valence-electron chi connectivity index (χ2n) is 8.05. The summed E-state index contributed by atoms with van der Waals surface area (Å²) in [5.74, 6) is 1.44. The Hall–Kier alpha value is -3.15. The first kappa shape index (κ1) is 19.2. The maximum Gasteiger partial charge on any atom is 0.138 e. The Kier molecular flexibility index (Phi) is 4.86. The number of nitrogens with two attached hydrogens (primary N) is 1. The molecule has 3 aromatic heterocycles. The summed E-state index contributed by atoms with van der Waals surface area (Å²) in [7, 11) is 0. The van der Waals surface area contributed by atoms with Crippen LogP contribution in [0.1, 0.15) is 25.8 Å². The number of nitrogens with zero attached hydrogens (tertiary/aromatic N) is 5. The third-order valence-electron chi connectivity index (χ3n) is 4.91. The summed E-state index contributed by atoms with van der Waals surface area (Å²) in [4.78, 5) is 6.78. The van der Waals surface area contributed by atoms with Crippen molar-refractivity contribution in [2.45, 2.75) is 31.9 Å². The summed E-state index contributed by atoms with van der Waals surface area (Å²) in [6, 6.07) is 8.18. The van der Waals surface area contributed by atoms with Crippen LogP contribution in [0.15, 0.2) is 36.8 Å². The van der Waals surface area contributed by atoms with E-state index in [-0.39, 0.29) is 12.6 Å². The zero-order valence-electron chi connectivity index (χ0n) is 16.5. The van der Waals surface area contributed by atoms with Crippen LogP contribution in [0.2, 0.25) is 0 Å². The molecular formula is C21H24N6O2. The molecule has 0 radical (unpaired) electrons. The lowest BCUT2D eigenvalue weighted by molar-refractivity contribution is 0.0283. The monoisotopic (exact) mass is 392 g/mol. The lowest BCUT2D eigenvalue weighted by Gasteiger charge is -2.19. The summed E-state index contributed by atoms with van der Waals surface area (Å²) < 4.78 is 7.39. The summed E-state index contributed by atoms with van der Waals surface area (Å²) >= 11 is 0. The van der Waals surface area contributed by atoms with Crippen LogP contribution < -0.4 is 15.4 Å². The number of nitriles is 1. The van der Waals surface area contributed by atoms with E-state index in [1.54, 1.807) is 30.8 Å². The van der Waals surface area contributed by atoms with E-state index in [0.29, 0.717) is 16.8 Å². The summed E-state index contributed by atoms with van der Waals surface area (Å²) in [6.45, 7) is 5.20. The third kappa shape index (κ3) is 4.01. The molecule has 1 saturated heterocycles. The maximum atomic E-state index is 9.96. The molecule has 0 saturated carbocycles. The summed E-state index contributed by atoms with van der Waals surface area (Å²) in [5, 5.41) is 23.7. The molecule has 0 spiro atoms. The van der Waals surface area contributed by atoms with E-state index in [0.717, 1.165) is 36.5 Å². The van der Waals surface area contributed by atoms with E-state index in [1.165, 1.54) is 6.20 Å². The molecule has 0 aliphatic carbocycles. The van der Waals surface area contributed by atoms with Gasteiger partial charge in [0.1, 0.15) is 24.2 Å². The Morgan fingerprint density at radius 2 is 2.21 bits per heavy atom. The molecule has 3 aromatic rings. The predicted molar refractivity (Wildman–Crippen MR) is 110 cm³/mol. The van der Waals surface area contributed by atoms with Gasteiger partial charge in [-0.2, -0.15) is 10.4 Å². The second kappa shape index (κ2) is 7.35. The third-order valence-corrected chi connectivity index (χ3v) is 4.91. The van der Waals surface area contributed by atoms with Gasteiger partial charge in [-0.1, -0.05) is 0 Å². The first-order chi connectivity index (χ1) is 13.8. The quantitative estimate of drug-likeness (QED) is 0.682. The molecular weight excluding hydrogens is 368 g/mol. The van der Waals surface area contributed by atoms with Crippen molar-refractivity contribution in [3.63, 3.8) is 0 Å². The Morgan fingerprint density at radius 3 is 2.83 bits per heavy atom. The Morgan fingerprint density at radius 1 is 1.38 bits per heavy atom. The van der Waals surface area contributed by atoms with Crippen molar-refractivity contribution in [3.8, 4) is 22.9 Å². The highest BCUT2D eigenvalue weighted by Crippen LogP contribution is 2.31. The lowest BCUT2D eigenvalue weighted by Crippen LogP contribution is -2.27. The molecule has 4 heterocycles. The van der Waals surface area contributed by atoms with Gasteiger partial charge in [0.15, 0.2) is 0 Å². The van der Waals surface area contributed by atoms with E-state index in [1.807, 2.05) is 18.2 Å². The van der Waals surface area contributed by atoms with E-state index < -0.39 is 5.60 Å². The van der Waals surface area contributed by atoms with Gasteiger partial charge in [0.05, 0.1) is 29.1 Å². The highest BCUT2D eigenvalue weighted by Gasteiger charge is 2.21. The molecule has 29 heavy (non-hydrogen) atoms. The first-order valence-corrected chi connectivity index (χ1v) is 9.58. The van der Waals surface area contributed by atoms with Crippen LogP contribution in [0, 0.1) is 11.3 Å². The normalized spacial score (nSPS) is 16.9. The number of fused-ring (bicyclic) bond motifs is 1. The fourth-order valence-electron chi connectivity index (χ4n) is 3.47. The van der Waals surface area contributed by atoms with Gasteiger partial charge in [0.2, 0.25) is 0 Å². The number of aliphatic hydroxyl groups is 1. The minimum Gasteiger partial charge on any atom is -0.489 e. The second-order valence-corrected chi connectivity index (χ2v) is 8.05. The van der Waals surface area contributed by atoms with Crippen LogP contribution in [0.4, 0.5) is 5.82 Å². The number of rotatable bonds is 5. The van der Waals surface area contributed by atoms with E-state index in [9.17, 15) is 10.4 Å². The molecule has 1 fully saturated rings. The van der Waals surface area contributed by atoms with Crippen molar-refractivity contribution in [1.29, 1.82) is 5.26 Å². The molecule has 1 aliphatic heterocycles. The Bertz CT molecular complexity index is 1060. The van der Waals surface area contributed by atoms with Gasteiger partial charge in [0.25, 0.3) is 0 Å². The Labute approximate surface area is 169 Å². The zero-order chi connectivity index (χ0) is 20.6. The van der Waals surface area contributed by atoms with Crippen LogP contribution in [0.5, 0.6) is 5.75 Å². The van der Waals surface area contributed by atoms with Crippen molar-refractivity contribution in [3.05, 3.63) is 42.4 Å². The molecule has 0 bridgehead atoms. The van der Waals surface area contributed by atoms with Crippen molar-refractivity contribution >= 4 is 11.3 Å². The van der Waals surface area contributed by atoms with Crippen molar-refractivity contribution < 1.29 is 9.84 Å². The number of ether oxygens (including phenoxy) is 1. The SMILES string of the molecule is CC(C)(O)COc1cc(-c2ccc(N3CCC(N)C3)nc2)c2c(C#N)cnn2c1. The molecule has 150 valence electrons. The predicted octanol–water partition coefficient (Wildman–Crippen LogP) is 1.96. The Balaban J connectivity index is 1.73. The molecule has 1 atom stereocenters. The fourth-order valence-corrected chi connectivity index (χ4v) is 3.47. The number of aromatic nitrogens is 3. The van der Waals surface area contributed by atoms with Gasteiger partial charge >= 0.3 is 0 Å². The zero-order valence-corrected chi connectivity index (χ0v) is 16.5. The minimum atomic E-state index is -0.961. The van der Waals surface area contributed by atoms with Gasteiger partial charge in [-0.25, -0.2) is 9.50 Å². The largest absolute Gasteiger partial charge is 0.489 e. The molecule has 8 heteroatoms. The van der Waals surface area contributed by atoms with Gasteiger partial charge in [-0.15, -0.1) is 0 Å². The molecule has 0 amide bonds. The molecule has 0 aromatic carbocycles. The average molecular weight is 392 g/mol. The summed E-state index contributed by atoms with van der Waals surface area (Å²) in [6.07, 6.45) is 6.00. The standard InChI is InChI=1S/C21H24N6O2/c1-21(2,28)13-29-17-7-18(20-15(8-22)10-25-27(20)12-17)14-3-4-19(24-9-14)26-6-5-16(23)11-26/h3-4,7,9-10,12,16,28H,5-6,11,13,23H2,1-2H3. The molecule has 1 aliphatic rings. The van der Waals surface area contributed by atoms with Crippen molar-refractivity contribution in [1.82, 2.24) is 14.6 Å². The topological polar surface area (TPSA) is 113 Å². The lowest BCUT2D eigenvalue weighted by atomic mass is 10.1. The van der Waals surface area contributed by atoms with Crippen LogP contribution >= 0.6 is 0 Å². The average Bonchev–Trinajstić information content (AvgIpc) is 3.31. The molecule has 8 nitrogen and oxygen atoms in total. The van der Waals surface area contributed by atoms with Gasteiger partial charge in [-0.3, -0.25) is 0 Å². The van der Waals surface area contributed by atoms with Gasteiger partial charge < -0.3 is 20.5 Å².